The predicted molar refractivity (Wildman–Crippen MR) is 48.9 cm³/mol. The van der Waals surface area contributed by atoms with E-state index in [1.807, 2.05) is 0 Å². The van der Waals surface area contributed by atoms with Crippen molar-refractivity contribution in [1.82, 2.24) is 0 Å². The Balaban J connectivity index is 2.87. The third-order valence-electron chi connectivity index (χ3n) is 1.68. The number of carbonyl (C=O) groups is 1. The molecule has 0 aromatic carbocycles. The number of hydrogen-bond donors (Lipinski definition) is 2. The lowest BCUT2D eigenvalue weighted by Gasteiger charge is -2.13. The van der Waals surface area contributed by atoms with Crippen LogP contribution in [-0.2, 0) is 0 Å². The number of furan rings is 1. The van der Waals surface area contributed by atoms with Crippen LogP contribution in [0, 0.1) is 0 Å². The second kappa shape index (κ2) is 4.55. The average molecular weight is 249 g/mol. The maximum Gasteiger partial charge on any atom is 0.185 e. The summed E-state index contributed by atoms with van der Waals surface area (Å²) < 4.78 is 4.78. The van der Waals surface area contributed by atoms with Crippen LogP contribution < -0.4 is 0 Å². The second-order valence-electron chi connectivity index (χ2n) is 2.52. The first-order valence-corrected chi connectivity index (χ1v) is 4.77. The summed E-state index contributed by atoms with van der Waals surface area (Å²) in [5.41, 5.74) is 0.307. The maximum atomic E-state index is 10.4. The van der Waals surface area contributed by atoms with E-state index in [9.17, 15) is 15.0 Å². The topological polar surface area (TPSA) is 70.7 Å². The number of rotatable bonds is 4. The lowest BCUT2D eigenvalue weighted by atomic mass is 10.1. The molecule has 1 aromatic heterocycles. The zero-order valence-electron chi connectivity index (χ0n) is 6.68. The summed E-state index contributed by atoms with van der Waals surface area (Å²) in [5, 5.41) is 19.0. The molecular weight excluding hydrogens is 240 g/mol. The fourth-order valence-electron chi connectivity index (χ4n) is 0.963. The van der Waals surface area contributed by atoms with Gasteiger partial charge in [-0.15, -0.1) is 0 Å². The molecule has 72 valence electrons. The van der Waals surface area contributed by atoms with E-state index in [0.29, 0.717) is 11.8 Å². The summed E-state index contributed by atoms with van der Waals surface area (Å²) in [6, 6.07) is 1.46. The molecule has 13 heavy (non-hydrogen) atoms. The van der Waals surface area contributed by atoms with Gasteiger partial charge in [0, 0.05) is 10.9 Å². The van der Waals surface area contributed by atoms with Gasteiger partial charge in [-0.3, -0.25) is 4.79 Å². The van der Waals surface area contributed by atoms with Crippen molar-refractivity contribution in [2.75, 3.05) is 5.33 Å². The largest absolute Gasteiger partial charge is 0.461 e. The van der Waals surface area contributed by atoms with E-state index >= 15 is 0 Å². The molecule has 2 atom stereocenters. The van der Waals surface area contributed by atoms with Crippen LogP contribution in [0.3, 0.4) is 0 Å². The summed E-state index contributed by atoms with van der Waals surface area (Å²) in [5.74, 6) is 0.0486. The highest BCUT2D eigenvalue weighted by molar-refractivity contribution is 9.09. The lowest BCUT2D eigenvalue weighted by molar-refractivity contribution is 0.0333. The minimum Gasteiger partial charge on any atom is -0.461 e. The number of halogens is 1. The zero-order valence-corrected chi connectivity index (χ0v) is 8.27. The molecule has 0 saturated heterocycles. The number of carbonyl (C=O) groups excluding carboxylic acids is 1. The smallest absolute Gasteiger partial charge is 0.185 e. The van der Waals surface area contributed by atoms with Crippen LogP contribution in [0.4, 0.5) is 0 Å². The van der Waals surface area contributed by atoms with Crippen molar-refractivity contribution < 1.29 is 19.4 Å². The Morgan fingerprint density at radius 3 is 2.85 bits per heavy atom. The summed E-state index contributed by atoms with van der Waals surface area (Å²) in [7, 11) is 0. The minimum atomic E-state index is -1.10. The molecule has 0 radical (unpaired) electrons. The van der Waals surface area contributed by atoms with Crippen LogP contribution >= 0.6 is 15.9 Å². The van der Waals surface area contributed by atoms with Gasteiger partial charge >= 0.3 is 0 Å². The predicted octanol–water partition coefficient (Wildman–Crippen LogP) is 0.881. The monoisotopic (exact) mass is 248 g/mol. The first-order chi connectivity index (χ1) is 6.20. The van der Waals surface area contributed by atoms with Crippen LogP contribution in [-0.4, -0.2) is 27.9 Å². The van der Waals surface area contributed by atoms with Crippen molar-refractivity contribution in [3.05, 3.63) is 23.7 Å². The third kappa shape index (κ3) is 2.18. The van der Waals surface area contributed by atoms with E-state index in [0.717, 1.165) is 0 Å². The quantitative estimate of drug-likeness (QED) is 0.613. The van der Waals surface area contributed by atoms with Gasteiger partial charge in [0.1, 0.15) is 6.10 Å². The maximum absolute atomic E-state index is 10.4. The zero-order chi connectivity index (χ0) is 9.84. The van der Waals surface area contributed by atoms with E-state index in [1.165, 1.54) is 12.3 Å². The van der Waals surface area contributed by atoms with Gasteiger partial charge in [-0.2, -0.15) is 0 Å². The molecule has 0 saturated carbocycles. The van der Waals surface area contributed by atoms with Crippen LogP contribution in [0.1, 0.15) is 22.2 Å². The van der Waals surface area contributed by atoms with Gasteiger partial charge in [0.2, 0.25) is 0 Å². The van der Waals surface area contributed by atoms with Crippen LogP contribution in [0.2, 0.25) is 0 Å². The number of aliphatic hydroxyl groups excluding tert-OH is 2. The second-order valence-corrected chi connectivity index (χ2v) is 3.17. The van der Waals surface area contributed by atoms with Crippen molar-refractivity contribution in [3.63, 3.8) is 0 Å². The van der Waals surface area contributed by atoms with Crippen molar-refractivity contribution in [1.29, 1.82) is 0 Å². The molecule has 1 aromatic rings. The van der Waals surface area contributed by atoms with Crippen molar-refractivity contribution in [2.24, 2.45) is 0 Å². The fourth-order valence-corrected chi connectivity index (χ4v) is 1.32. The van der Waals surface area contributed by atoms with Crippen LogP contribution in [0.25, 0.3) is 0 Å². The number of hydrogen-bond acceptors (Lipinski definition) is 4. The molecule has 0 aliphatic rings. The summed E-state index contributed by atoms with van der Waals surface area (Å²) >= 11 is 3.02. The Hall–Kier alpha value is -0.650. The van der Waals surface area contributed by atoms with Gasteiger partial charge in [-0.1, -0.05) is 15.9 Å². The van der Waals surface area contributed by atoms with E-state index in [4.69, 9.17) is 4.42 Å². The first kappa shape index (κ1) is 10.4. The normalized spacial score (nSPS) is 15.3. The van der Waals surface area contributed by atoms with Gasteiger partial charge in [-0.25, -0.2) is 0 Å². The molecular formula is C8H9BrO4. The van der Waals surface area contributed by atoms with E-state index in [1.54, 1.807) is 0 Å². The first-order valence-electron chi connectivity index (χ1n) is 3.65. The molecule has 0 spiro atoms. The van der Waals surface area contributed by atoms with Gasteiger partial charge in [0.15, 0.2) is 12.0 Å². The number of aliphatic hydroxyl groups is 2. The molecule has 0 fully saturated rings. The Kier molecular flexibility index (Phi) is 3.65. The fraction of sp³-hybridized carbons (Fsp3) is 0.375. The number of aldehydes is 1. The molecule has 2 unspecified atom stereocenters. The van der Waals surface area contributed by atoms with Gasteiger partial charge in [0.25, 0.3) is 0 Å². The lowest BCUT2D eigenvalue weighted by Crippen LogP contribution is -2.19. The average Bonchev–Trinajstić information content (AvgIpc) is 2.62. The standard InChI is InChI=1S/C8H9BrO4/c9-3-6(11)8(12)5-1-2-13-7(5)4-10/h1-2,4,6,8,11-12H,3H2. The summed E-state index contributed by atoms with van der Waals surface area (Å²) in [6.45, 7) is 0. The molecule has 4 nitrogen and oxygen atoms in total. The van der Waals surface area contributed by atoms with Crippen LogP contribution in [0.5, 0.6) is 0 Å². The Bertz CT molecular complexity index is 283. The highest BCUT2D eigenvalue weighted by Gasteiger charge is 2.21. The summed E-state index contributed by atoms with van der Waals surface area (Å²) in [6.07, 6.45) is -0.252. The molecule has 2 N–H and O–H groups in total. The minimum absolute atomic E-state index is 0.0486. The van der Waals surface area contributed by atoms with Crippen molar-refractivity contribution in [2.45, 2.75) is 12.2 Å². The van der Waals surface area contributed by atoms with Crippen molar-refractivity contribution >= 4 is 22.2 Å². The van der Waals surface area contributed by atoms with Crippen molar-refractivity contribution in [3.8, 4) is 0 Å². The Morgan fingerprint density at radius 2 is 2.31 bits per heavy atom. The third-order valence-corrected chi connectivity index (χ3v) is 2.34. The molecule has 0 aliphatic heterocycles. The van der Waals surface area contributed by atoms with E-state index in [2.05, 4.69) is 15.9 Å². The molecule has 1 heterocycles. The SMILES string of the molecule is O=Cc1occc1C(O)C(O)CBr. The van der Waals surface area contributed by atoms with E-state index < -0.39 is 12.2 Å². The molecule has 1 rings (SSSR count). The van der Waals surface area contributed by atoms with Gasteiger partial charge in [-0.05, 0) is 6.07 Å². The Morgan fingerprint density at radius 1 is 1.62 bits per heavy atom. The van der Waals surface area contributed by atoms with Gasteiger partial charge < -0.3 is 14.6 Å². The van der Waals surface area contributed by atoms with E-state index in [-0.39, 0.29) is 11.1 Å². The summed E-state index contributed by atoms with van der Waals surface area (Å²) in [4.78, 5) is 10.4. The Labute approximate surface area is 83.3 Å². The highest BCUT2D eigenvalue weighted by atomic mass is 79.9. The molecule has 0 bridgehead atoms. The molecule has 0 amide bonds. The molecule has 0 aliphatic carbocycles. The van der Waals surface area contributed by atoms with Gasteiger partial charge in [0.05, 0.1) is 12.4 Å². The number of alkyl halides is 1. The van der Waals surface area contributed by atoms with Crippen LogP contribution in [0.15, 0.2) is 16.7 Å². The molecule has 5 heteroatoms. The highest BCUT2D eigenvalue weighted by Crippen LogP contribution is 2.21.